The summed E-state index contributed by atoms with van der Waals surface area (Å²) in [5.41, 5.74) is 8.13. The first-order valence-electron chi connectivity index (χ1n) is 9.52. The fourth-order valence-corrected chi connectivity index (χ4v) is 3.21. The van der Waals surface area contributed by atoms with E-state index in [1.165, 1.54) is 5.56 Å². The van der Waals surface area contributed by atoms with Gasteiger partial charge in [-0.1, -0.05) is 43.3 Å². The summed E-state index contributed by atoms with van der Waals surface area (Å²) in [5.74, 6) is 0.527. The maximum absolute atomic E-state index is 12.9. The van der Waals surface area contributed by atoms with Gasteiger partial charge in [-0.25, -0.2) is 0 Å². The lowest BCUT2D eigenvalue weighted by molar-refractivity contribution is -0.117. The van der Waals surface area contributed by atoms with Crippen molar-refractivity contribution in [2.24, 2.45) is 17.6 Å². The Bertz CT molecular complexity index is 797. The number of rotatable bonds is 8. The van der Waals surface area contributed by atoms with Gasteiger partial charge in [0.2, 0.25) is 5.91 Å². The first kappa shape index (κ1) is 21.9. The number of hydrogen-bond donors (Lipinski definition) is 2. The molecular formula is C22H28ClN3O2. The molecule has 3 N–H and O–H groups in total. The van der Waals surface area contributed by atoms with E-state index in [0.29, 0.717) is 36.8 Å². The molecule has 1 aliphatic carbocycles. The molecule has 6 heteroatoms. The minimum atomic E-state index is -0.0627. The summed E-state index contributed by atoms with van der Waals surface area (Å²) in [6.07, 6.45) is 1.72. The largest absolute Gasteiger partial charge is 0.337 e. The number of nitrogens with zero attached hydrogens (tertiary/aromatic N) is 1. The van der Waals surface area contributed by atoms with Gasteiger partial charge in [0.1, 0.15) is 0 Å². The highest BCUT2D eigenvalue weighted by Gasteiger charge is 2.39. The highest BCUT2D eigenvalue weighted by atomic mass is 35.5. The predicted molar refractivity (Wildman–Crippen MR) is 115 cm³/mol. The van der Waals surface area contributed by atoms with Crippen molar-refractivity contribution in [2.75, 3.05) is 25.0 Å². The van der Waals surface area contributed by atoms with Crippen LogP contribution in [0.5, 0.6) is 0 Å². The molecule has 1 fully saturated rings. The third kappa shape index (κ3) is 5.81. The third-order valence-electron chi connectivity index (χ3n) is 5.02. The minimum Gasteiger partial charge on any atom is -0.337 e. The summed E-state index contributed by atoms with van der Waals surface area (Å²) >= 11 is 0. The lowest BCUT2D eigenvalue weighted by Crippen LogP contribution is -2.37. The molecule has 2 aromatic carbocycles. The van der Waals surface area contributed by atoms with Crippen molar-refractivity contribution in [1.82, 2.24) is 4.90 Å². The van der Waals surface area contributed by atoms with E-state index in [1.807, 2.05) is 24.3 Å². The summed E-state index contributed by atoms with van der Waals surface area (Å²) in [4.78, 5) is 26.9. The Morgan fingerprint density at radius 3 is 2.46 bits per heavy atom. The van der Waals surface area contributed by atoms with Gasteiger partial charge in [0.05, 0.1) is 0 Å². The Morgan fingerprint density at radius 1 is 1.11 bits per heavy atom. The maximum Gasteiger partial charge on any atom is 0.253 e. The molecule has 0 aromatic heterocycles. The van der Waals surface area contributed by atoms with Crippen molar-refractivity contribution in [1.29, 1.82) is 0 Å². The molecule has 0 heterocycles. The molecule has 5 nitrogen and oxygen atoms in total. The van der Waals surface area contributed by atoms with Gasteiger partial charge in [-0.3, -0.25) is 9.59 Å². The van der Waals surface area contributed by atoms with Crippen molar-refractivity contribution < 1.29 is 9.59 Å². The number of carbonyl (C=O) groups excluding carboxylic acids is 2. The van der Waals surface area contributed by atoms with Gasteiger partial charge < -0.3 is 16.0 Å². The Morgan fingerprint density at radius 2 is 1.82 bits per heavy atom. The topological polar surface area (TPSA) is 75.4 Å². The summed E-state index contributed by atoms with van der Waals surface area (Å²) in [7, 11) is 0. The molecule has 0 aliphatic heterocycles. The van der Waals surface area contributed by atoms with Crippen LogP contribution in [0.4, 0.5) is 5.69 Å². The predicted octanol–water partition coefficient (Wildman–Crippen LogP) is 3.35. The molecule has 150 valence electrons. The number of halogens is 1. The number of amides is 2. The van der Waals surface area contributed by atoms with E-state index in [2.05, 4.69) is 24.4 Å². The lowest BCUT2D eigenvalue weighted by atomic mass is 10.1. The van der Waals surface area contributed by atoms with Gasteiger partial charge in [-0.2, -0.15) is 0 Å². The number of hydrogen-bond acceptors (Lipinski definition) is 3. The van der Waals surface area contributed by atoms with E-state index < -0.39 is 0 Å². The fraction of sp³-hybridized carbons (Fsp3) is 0.364. The number of benzene rings is 2. The molecule has 2 unspecified atom stereocenters. The van der Waals surface area contributed by atoms with Crippen LogP contribution in [-0.4, -0.2) is 36.3 Å². The van der Waals surface area contributed by atoms with Gasteiger partial charge in [0.15, 0.2) is 0 Å². The Labute approximate surface area is 172 Å². The van der Waals surface area contributed by atoms with Crippen molar-refractivity contribution in [3.8, 4) is 0 Å². The zero-order valence-corrected chi connectivity index (χ0v) is 17.0. The second kappa shape index (κ2) is 10.2. The third-order valence-corrected chi connectivity index (χ3v) is 5.02. The summed E-state index contributed by atoms with van der Waals surface area (Å²) in [6.45, 7) is 3.59. The average Bonchev–Trinajstić information content (AvgIpc) is 3.42. The van der Waals surface area contributed by atoms with Gasteiger partial charge in [-0.15, -0.1) is 12.4 Å². The Hall–Kier alpha value is -2.37. The van der Waals surface area contributed by atoms with Gasteiger partial charge >= 0.3 is 0 Å². The molecular weight excluding hydrogens is 374 g/mol. The van der Waals surface area contributed by atoms with Crippen LogP contribution < -0.4 is 11.1 Å². The van der Waals surface area contributed by atoms with E-state index in [1.54, 1.807) is 23.1 Å². The van der Waals surface area contributed by atoms with Crippen LogP contribution in [0, 0.1) is 11.8 Å². The molecule has 0 radical (unpaired) electrons. The van der Waals surface area contributed by atoms with E-state index >= 15 is 0 Å². The zero-order chi connectivity index (χ0) is 19.2. The van der Waals surface area contributed by atoms with Gasteiger partial charge in [0.25, 0.3) is 5.91 Å². The van der Waals surface area contributed by atoms with Crippen LogP contribution >= 0.6 is 12.4 Å². The molecule has 2 amide bonds. The molecule has 2 aromatic rings. The van der Waals surface area contributed by atoms with Crippen molar-refractivity contribution in [3.63, 3.8) is 0 Å². The zero-order valence-electron chi connectivity index (χ0n) is 16.1. The molecule has 1 saturated carbocycles. The maximum atomic E-state index is 12.9. The molecule has 2 atom stereocenters. The highest BCUT2D eigenvalue weighted by Crippen LogP contribution is 2.38. The Balaban J connectivity index is 0.00000280. The lowest BCUT2D eigenvalue weighted by Gasteiger charge is -2.22. The SMILES string of the molecule is CC1CC1C(=O)Nc1cccc(C(=O)N(CCN)CCc2ccccc2)c1.Cl. The van der Waals surface area contributed by atoms with Gasteiger partial charge in [-0.05, 0) is 42.5 Å². The number of nitrogens with one attached hydrogen (secondary N) is 1. The summed E-state index contributed by atoms with van der Waals surface area (Å²) < 4.78 is 0. The molecule has 1 aliphatic rings. The smallest absolute Gasteiger partial charge is 0.253 e. The monoisotopic (exact) mass is 401 g/mol. The minimum absolute atomic E-state index is 0. The van der Waals surface area contributed by atoms with Crippen LogP contribution in [0.2, 0.25) is 0 Å². The van der Waals surface area contributed by atoms with E-state index in [-0.39, 0.29) is 30.1 Å². The molecule has 3 rings (SSSR count). The molecule has 0 saturated heterocycles. The van der Waals surface area contributed by atoms with Crippen LogP contribution in [0.3, 0.4) is 0 Å². The quantitative estimate of drug-likeness (QED) is 0.712. The number of carbonyl (C=O) groups is 2. The van der Waals surface area contributed by atoms with E-state index in [9.17, 15) is 9.59 Å². The van der Waals surface area contributed by atoms with Crippen LogP contribution in [0.1, 0.15) is 29.3 Å². The average molecular weight is 402 g/mol. The number of anilines is 1. The highest BCUT2D eigenvalue weighted by molar-refractivity contribution is 5.98. The fourth-order valence-electron chi connectivity index (χ4n) is 3.21. The second-order valence-electron chi connectivity index (χ2n) is 7.21. The first-order chi connectivity index (χ1) is 13.1. The normalized spacial score (nSPS) is 17.4. The molecule has 0 bridgehead atoms. The van der Waals surface area contributed by atoms with Crippen LogP contribution in [0.25, 0.3) is 0 Å². The van der Waals surface area contributed by atoms with Crippen LogP contribution in [0.15, 0.2) is 54.6 Å². The molecule has 0 spiro atoms. The van der Waals surface area contributed by atoms with Crippen molar-refractivity contribution >= 4 is 29.9 Å². The van der Waals surface area contributed by atoms with Crippen molar-refractivity contribution in [2.45, 2.75) is 19.8 Å². The van der Waals surface area contributed by atoms with E-state index in [0.717, 1.165) is 12.8 Å². The van der Waals surface area contributed by atoms with Gasteiger partial charge in [0, 0.05) is 36.8 Å². The Kier molecular flexibility index (Phi) is 8.03. The molecule has 28 heavy (non-hydrogen) atoms. The van der Waals surface area contributed by atoms with Crippen LogP contribution in [-0.2, 0) is 11.2 Å². The second-order valence-corrected chi connectivity index (χ2v) is 7.21. The summed E-state index contributed by atoms with van der Waals surface area (Å²) in [6, 6.07) is 17.2. The first-order valence-corrected chi connectivity index (χ1v) is 9.52. The van der Waals surface area contributed by atoms with E-state index in [4.69, 9.17) is 5.73 Å². The summed E-state index contributed by atoms with van der Waals surface area (Å²) in [5, 5.41) is 2.92. The number of nitrogens with two attached hydrogens (primary N) is 1. The van der Waals surface area contributed by atoms with Crippen molar-refractivity contribution in [3.05, 3.63) is 65.7 Å². The standard InChI is InChI=1S/C22H27N3O2.ClH/c1-16-14-20(16)21(26)24-19-9-5-8-18(15-19)22(27)25(13-11-23)12-10-17-6-3-2-4-7-17;/h2-9,15-16,20H,10-14,23H2,1H3,(H,24,26);1H.